The summed E-state index contributed by atoms with van der Waals surface area (Å²) >= 11 is 0. The minimum absolute atomic E-state index is 0.273. The summed E-state index contributed by atoms with van der Waals surface area (Å²) in [6.45, 7) is 1.48. The molecular weight excluding hydrogens is 385 g/mol. The van der Waals surface area contributed by atoms with Crippen LogP contribution in [0.25, 0.3) is 5.82 Å². The number of nitrogens with zero attached hydrogens (tertiary/aromatic N) is 3. The van der Waals surface area contributed by atoms with Gasteiger partial charge in [-0.25, -0.2) is 9.67 Å². The van der Waals surface area contributed by atoms with Crippen molar-refractivity contribution in [3.63, 3.8) is 0 Å². The number of halogens is 3. The second-order valence-corrected chi connectivity index (χ2v) is 6.27. The second kappa shape index (κ2) is 8.44. The van der Waals surface area contributed by atoms with E-state index in [9.17, 15) is 23.1 Å². The summed E-state index contributed by atoms with van der Waals surface area (Å²) in [6, 6.07) is 10.0. The zero-order valence-electron chi connectivity index (χ0n) is 15.5. The number of aliphatic hydroxyl groups is 1. The van der Waals surface area contributed by atoms with E-state index in [4.69, 9.17) is 0 Å². The number of hydrogen-bond donors (Lipinski definition) is 2. The van der Waals surface area contributed by atoms with E-state index in [1.165, 1.54) is 29.1 Å². The topological polar surface area (TPSA) is 80.0 Å². The third kappa shape index (κ3) is 4.45. The van der Waals surface area contributed by atoms with Crippen LogP contribution in [0.15, 0.2) is 54.9 Å². The van der Waals surface area contributed by atoms with Gasteiger partial charge in [0.1, 0.15) is 0 Å². The van der Waals surface area contributed by atoms with Crippen LogP contribution in [0.5, 0.6) is 0 Å². The maximum atomic E-state index is 13.1. The average Bonchev–Trinajstić information content (AvgIpc) is 3.16. The lowest BCUT2D eigenvalue weighted by atomic mass is 10.0. The molecule has 1 atom stereocenters. The molecule has 0 saturated heterocycles. The van der Waals surface area contributed by atoms with Crippen LogP contribution in [0.4, 0.5) is 13.2 Å². The molecule has 3 aromatic rings. The Labute approximate surface area is 165 Å². The molecule has 0 aliphatic heterocycles. The van der Waals surface area contributed by atoms with E-state index < -0.39 is 23.8 Å². The minimum atomic E-state index is -4.60. The zero-order valence-corrected chi connectivity index (χ0v) is 15.5. The van der Waals surface area contributed by atoms with Crippen molar-refractivity contribution in [2.24, 2.45) is 0 Å². The number of amides is 1. The van der Waals surface area contributed by atoms with Crippen LogP contribution in [0.3, 0.4) is 0 Å². The predicted octanol–water partition coefficient (Wildman–Crippen LogP) is 3.31. The predicted molar refractivity (Wildman–Crippen MR) is 99.5 cm³/mol. The molecule has 9 heteroatoms. The number of rotatable bonds is 6. The number of aromatic nitrogens is 3. The van der Waals surface area contributed by atoms with Gasteiger partial charge in [0.2, 0.25) is 0 Å². The van der Waals surface area contributed by atoms with Gasteiger partial charge in [0.05, 0.1) is 29.1 Å². The molecule has 3 rings (SSSR count). The van der Waals surface area contributed by atoms with Crippen LogP contribution >= 0.6 is 0 Å². The van der Waals surface area contributed by atoms with Gasteiger partial charge in [0, 0.05) is 12.7 Å². The first-order valence-corrected chi connectivity index (χ1v) is 8.93. The van der Waals surface area contributed by atoms with Crippen molar-refractivity contribution in [1.29, 1.82) is 0 Å². The van der Waals surface area contributed by atoms with Gasteiger partial charge in [0.25, 0.3) is 5.91 Å². The number of alkyl halides is 3. The third-order valence-corrected chi connectivity index (χ3v) is 4.40. The molecule has 0 fully saturated rings. The van der Waals surface area contributed by atoms with Crippen molar-refractivity contribution in [1.82, 2.24) is 20.1 Å². The van der Waals surface area contributed by atoms with E-state index in [-0.39, 0.29) is 17.7 Å². The molecule has 0 bridgehead atoms. The summed E-state index contributed by atoms with van der Waals surface area (Å²) in [7, 11) is 0. The standard InChI is InChI=1S/C20H19F3N4O2/c1-2-16-14(11-26-27(16)18-9-5-6-10-24-18)19(29)25-12-17(28)13-7-3-4-8-15(13)20(21,22)23/h3-11,17,28H,2,12H2,1H3,(H,25,29). The Morgan fingerprint density at radius 2 is 1.93 bits per heavy atom. The molecule has 152 valence electrons. The van der Waals surface area contributed by atoms with Crippen LogP contribution in [0.2, 0.25) is 0 Å². The number of hydrogen-bond acceptors (Lipinski definition) is 4. The third-order valence-electron chi connectivity index (χ3n) is 4.40. The summed E-state index contributed by atoms with van der Waals surface area (Å²) in [5, 5.41) is 16.9. The molecule has 2 aromatic heterocycles. The smallest absolute Gasteiger partial charge is 0.387 e. The highest BCUT2D eigenvalue weighted by molar-refractivity contribution is 5.95. The maximum Gasteiger partial charge on any atom is 0.416 e. The van der Waals surface area contributed by atoms with Crippen molar-refractivity contribution in [3.05, 3.63) is 77.2 Å². The highest BCUT2D eigenvalue weighted by atomic mass is 19.4. The molecule has 1 aromatic carbocycles. The van der Waals surface area contributed by atoms with Crippen molar-refractivity contribution < 1.29 is 23.1 Å². The quantitative estimate of drug-likeness (QED) is 0.661. The summed E-state index contributed by atoms with van der Waals surface area (Å²) in [5.41, 5.74) is -0.347. The van der Waals surface area contributed by atoms with Crippen LogP contribution in [0.1, 0.15) is 40.2 Å². The number of nitrogens with one attached hydrogen (secondary N) is 1. The molecule has 1 unspecified atom stereocenters. The second-order valence-electron chi connectivity index (χ2n) is 6.27. The summed E-state index contributed by atoms with van der Waals surface area (Å²) in [5.74, 6) is 0.00936. The first kappa shape index (κ1) is 20.5. The fraction of sp³-hybridized carbons (Fsp3) is 0.250. The molecular formula is C20H19F3N4O2. The number of pyridine rings is 1. The molecule has 0 aliphatic rings. The van der Waals surface area contributed by atoms with Gasteiger partial charge in [-0.3, -0.25) is 4.79 Å². The van der Waals surface area contributed by atoms with Crippen LogP contribution in [-0.2, 0) is 12.6 Å². The molecule has 0 radical (unpaired) electrons. The highest BCUT2D eigenvalue weighted by Crippen LogP contribution is 2.34. The zero-order chi connectivity index (χ0) is 21.0. The minimum Gasteiger partial charge on any atom is -0.387 e. The van der Waals surface area contributed by atoms with Crippen molar-refractivity contribution in [3.8, 4) is 5.82 Å². The number of benzene rings is 1. The lowest BCUT2D eigenvalue weighted by Crippen LogP contribution is -2.29. The summed E-state index contributed by atoms with van der Waals surface area (Å²) in [6.07, 6.45) is -2.64. The Kier molecular flexibility index (Phi) is 5.97. The summed E-state index contributed by atoms with van der Waals surface area (Å²) < 4.78 is 40.9. The van der Waals surface area contributed by atoms with Crippen LogP contribution in [0, 0.1) is 0 Å². The highest BCUT2D eigenvalue weighted by Gasteiger charge is 2.34. The van der Waals surface area contributed by atoms with Gasteiger partial charge in [-0.05, 0) is 30.2 Å². The fourth-order valence-electron chi connectivity index (χ4n) is 3.02. The molecule has 0 spiro atoms. The lowest BCUT2D eigenvalue weighted by Gasteiger charge is -2.18. The summed E-state index contributed by atoms with van der Waals surface area (Å²) in [4.78, 5) is 16.8. The van der Waals surface area contributed by atoms with E-state index in [2.05, 4.69) is 15.4 Å². The first-order chi connectivity index (χ1) is 13.8. The maximum absolute atomic E-state index is 13.1. The Bertz CT molecular complexity index is 987. The Morgan fingerprint density at radius 3 is 2.59 bits per heavy atom. The van der Waals surface area contributed by atoms with Crippen LogP contribution < -0.4 is 5.32 Å². The van der Waals surface area contributed by atoms with E-state index >= 15 is 0 Å². The number of carbonyl (C=O) groups is 1. The van der Waals surface area contributed by atoms with E-state index in [0.717, 1.165) is 6.07 Å². The Morgan fingerprint density at radius 1 is 1.21 bits per heavy atom. The van der Waals surface area contributed by atoms with Crippen LogP contribution in [-0.4, -0.2) is 32.3 Å². The van der Waals surface area contributed by atoms with Gasteiger partial charge < -0.3 is 10.4 Å². The largest absolute Gasteiger partial charge is 0.416 e. The van der Waals surface area contributed by atoms with Crippen molar-refractivity contribution in [2.45, 2.75) is 25.6 Å². The number of aliphatic hydroxyl groups excluding tert-OH is 1. The SMILES string of the molecule is CCc1c(C(=O)NCC(O)c2ccccc2C(F)(F)F)cnn1-c1ccccn1. The molecule has 2 heterocycles. The molecule has 0 saturated carbocycles. The van der Waals surface area contributed by atoms with Gasteiger partial charge in [0.15, 0.2) is 5.82 Å². The van der Waals surface area contributed by atoms with Gasteiger partial charge >= 0.3 is 6.18 Å². The monoisotopic (exact) mass is 404 g/mol. The molecule has 1 amide bonds. The normalized spacial score (nSPS) is 12.6. The molecule has 6 nitrogen and oxygen atoms in total. The van der Waals surface area contributed by atoms with Crippen molar-refractivity contribution in [2.75, 3.05) is 6.54 Å². The fourth-order valence-corrected chi connectivity index (χ4v) is 3.02. The van der Waals surface area contributed by atoms with Gasteiger partial charge in [-0.1, -0.05) is 31.2 Å². The number of carbonyl (C=O) groups excluding carboxylic acids is 1. The molecule has 0 aliphatic carbocycles. The van der Waals surface area contributed by atoms with Gasteiger partial charge in [-0.2, -0.15) is 18.3 Å². The molecule has 29 heavy (non-hydrogen) atoms. The first-order valence-electron chi connectivity index (χ1n) is 8.93. The van der Waals surface area contributed by atoms with E-state index in [1.54, 1.807) is 24.4 Å². The Hall–Kier alpha value is -3.20. The van der Waals surface area contributed by atoms with E-state index in [0.29, 0.717) is 17.9 Å². The lowest BCUT2D eigenvalue weighted by molar-refractivity contribution is -0.139. The Balaban J connectivity index is 1.76. The van der Waals surface area contributed by atoms with Gasteiger partial charge in [-0.15, -0.1) is 0 Å². The average molecular weight is 404 g/mol. The van der Waals surface area contributed by atoms with Crippen molar-refractivity contribution >= 4 is 5.91 Å². The molecule has 2 N–H and O–H groups in total. The van der Waals surface area contributed by atoms with E-state index in [1.807, 2.05) is 6.92 Å².